The Kier molecular flexibility index (Phi) is 3.84. The van der Waals surface area contributed by atoms with Crippen LogP contribution in [0.4, 0.5) is 16.2 Å². The minimum Gasteiger partial charge on any atom is -0.378 e. The summed E-state index contributed by atoms with van der Waals surface area (Å²) in [7, 11) is 0. The minimum absolute atomic E-state index is 0.293. The van der Waals surface area contributed by atoms with Gasteiger partial charge in [0, 0.05) is 15.8 Å². The molecule has 0 saturated heterocycles. The van der Waals surface area contributed by atoms with Crippen molar-refractivity contribution in [3.05, 3.63) is 58.1 Å². The monoisotopic (exact) mass is 345 g/mol. The Labute approximate surface area is 131 Å². The van der Waals surface area contributed by atoms with Gasteiger partial charge in [0.1, 0.15) is 0 Å². The number of carbonyl (C=O) groups excluding carboxylic acids is 1. The summed E-state index contributed by atoms with van der Waals surface area (Å²) in [4.78, 5) is 10.9. The highest BCUT2D eigenvalue weighted by Gasteiger charge is 2.23. The van der Waals surface area contributed by atoms with Gasteiger partial charge in [0.05, 0.1) is 6.04 Å². The molecule has 0 radical (unpaired) electrons. The molecular weight excluding hydrogens is 330 g/mol. The number of primary amides is 1. The lowest BCUT2D eigenvalue weighted by molar-refractivity contribution is 0.259. The second-order valence-corrected chi connectivity index (χ2v) is 5.97. The number of rotatable bonds is 3. The largest absolute Gasteiger partial charge is 0.378 e. The van der Waals surface area contributed by atoms with Crippen molar-refractivity contribution in [2.45, 2.75) is 18.9 Å². The van der Waals surface area contributed by atoms with Crippen LogP contribution in [0.2, 0.25) is 0 Å². The van der Waals surface area contributed by atoms with Crippen LogP contribution >= 0.6 is 15.9 Å². The second-order valence-electron chi connectivity index (χ2n) is 5.11. The van der Waals surface area contributed by atoms with Crippen LogP contribution in [0.3, 0.4) is 0 Å². The number of nitrogens with two attached hydrogens (primary N) is 1. The first-order valence-electron chi connectivity index (χ1n) is 6.84. The number of urea groups is 1. The maximum absolute atomic E-state index is 10.9. The average Bonchev–Trinajstić information content (AvgIpc) is 2.83. The van der Waals surface area contributed by atoms with E-state index in [0.717, 1.165) is 18.5 Å². The van der Waals surface area contributed by atoms with Crippen molar-refractivity contribution in [3.63, 3.8) is 0 Å². The van der Waals surface area contributed by atoms with Crippen LogP contribution in [0, 0.1) is 0 Å². The highest BCUT2D eigenvalue weighted by atomic mass is 79.9. The van der Waals surface area contributed by atoms with E-state index in [1.807, 2.05) is 24.3 Å². The van der Waals surface area contributed by atoms with Crippen LogP contribution in [0.25, 0.3) is 0 Å². The molecule has 1 unspecified atom stereocenters. The van der Waals surface area contributed by atoms with E-state index < -0.39 is 6.03 Å². The van der Waals surface area contributed by atoms with Crippen LogP contribution in [0.1, 0.15) is 23.6 Å². The van der Waals surface area contributed by atoms with E-state index in [2.05, 4.69) is 44.8 Å². The zero-order valence-electron chi connectivity index (χ0n) is 11.4. The lowest BCUT2D eigenvalue weighted by Crippen LogP contribution is -2.19. The van der Waals surface area contributed by atoms with Gasteiger partial charge in [-0.1, -0.05) is 34.1 Å². The highest BCUT2D eigenvalue weighted by Crippen LogP contribution is 2.37. The van der Waals surface area contributed by atoms with Gasteiger partial charge in [-0.25, -0.2) is 4.79 Å². The van der Waals surface area contributed by atoms with Gasteiger partial charge in [-0.3, -0.25) is 0 Å². The molecule has 108 valence electrons. The van der Waals surface area contributed by atoms with E-state index in [0.29, 0.717) is 11.7 Å². The Morgan fingerprint density at radius 3 is 2.76 bits per heavy atom. The summed E-state index contributed by atoms with van der Waals surface area (Å²) in [5.74, 6) is 0. The first kappa shape index (κ1) is 13.9. The molecule has 2 aromatic carbocycles. The quantitative estimate of drug-likeness (QED) is 0.785. The molecule has 4 nitrogen and oxygen atoms in total. The summed E-state index contributed by atoms with van der Waals surface area (Å²) < 4.78 is 1.17. The number of halogens is 1. The van der Waals surface area contributed by atoms with Gasteiger partial charge in [0.25, 0.3) is 0 Å². The molecule has 1 aliphatic rings. The van der Waals surface area contributed by atoms with Crippen molar-refractivity contribution >= 4 is 33.3 Å². The fourth-order valence-electron chi connectivity index (χ4n) is 2.79. The predicted octanol–water partition coefficient (Wildman–Crippen LogP) is 4.04. The molecule has 3 rings (SSSR count). The number of carbonyl (C=O) groups is 1. The van der Waals surface area contributed by atoms with Gasteiger partial charge in [0.15, 0.2) is 0 Å². The number of hydrogen-bond acceptors (Lipinski definition) is 2. The van der Waals surface area contributed by atoms with E-state index in [1.165, 1.54) is 15.6 Å². The summed E-state index contributed by atoms with van der Waals surface area (Å²) in [6.07, 6.45) is 2.12. The number of amides is 2. The molecular formula is C16H16BrN3O. The Balaban J connectivity index is 1.80. The zero-order valence-corrected chi connectivity index (χ0v) is 13.0. The van der Waals surface area contributed by atoms with Crippen molar-refractivity contribution < 1.29 is 4.79 Å². The number of anilines is 2. The van der Waals surface area contributed by atoms with E-state index in [-0.39, 0.29) is 0 Å². The summed E-state index contributed by atoms with van der Waals surface area (Å²) >= 11 is 3.61. The molecule has 0 aliphatic heterocycles. The second kappa shape index (κ2) is 5.77. The lowest BCUT2D eigenvalue weighted by atomic mass is 10.1. The van der Waals surface area contributed by atoms with E-state index in [1.54, 1.807) is 0 Å². The number of nitrogens with one attached hydrogen (secondary N) is 2. The smallest absolute Gasteiger partial charge is 0.316 e. The van der Waals surface area contributed by atoms with E-state index >= 15 is 0 Å². The Hall–Kier alpha value is -2.01. The Morgan fingerprint density at radius 2 is 1.95 bits per heavy atom. The first-order valence-corrected chi connectivity index (χ1v) is 7.63. The van der Waals surface area contributed by atoms with Gasteiger partial charge in [0.2, 0.25) is 0 Å². The standard InChI is InChI=1S/C16H16BrN3O/c17-14-6-2-5-13-12(14)7-8-15(13)19-10-3-1-4-11(9-10)20-16(18)21/h1-6,9,15,19H,7-8H2,(H3,18,20,21). The summed E-state index contributed by atoms with van der Waals surface area (Å²) in [5.41, 5.74) is 9.52. The van der Waals surface area contributed by atoms with Crippen molar-refractivity contribution in [1.29, 1.82) is 0 Å². The molecule has 0 heterocycles. The average molecular weight is 346 g/mol. The normalized spacial score (nSPS) is 16.3. The SMILES string of the molecule is NC(=O)Nc1cccc(NC2CCc3c(Br)cccc32)c1. The van der Waals surface area contributed by atoms with Crippen LogP contribution in [-0.4, -0.2) is 6.03 Å². The minimum atomic E-state index is -0.553. The third kappa shape index (κ3) is 3.03. The fourth-order valence-corrected chi connectivity index (χ4v) is 3.37. The van der Waals surface area contributed by atoms with E-state index in [9.17, 15) is 4.79 Å². The molecule has 0 spiro atoms. The molecule has 2 amide bonds. The topological polar surface area (TPSA) is 67.2 Å². The summed E-state index contributed by atoms with van der Waals surface area (Å²) in [6.45, 7) is 0. The molecule has 21 heavy (non-hydrogen) atoms. The van der Waals surface area contributed by atoms with Gasteiger partial charge in [-0.2, -0.15) is 0 Å². The highest BCUT2D eigenvalue weighted by molar-refractivity contribution is 9.10. The van der Waals surface area contributed by atoms with Crippen LogP contribution in [0.5, 0.6) is 0 Å². The third-order valence-corrected chi connectivity index (χ3v) is 4.43. The molecule has 2 aromatic rings. The molecule has 1 aliphatic carbocycles. The summed E-state index contributed by atoms with van der Waals surface area (Å²) in [6, 6.07) is 13.6. The molecule has 5 heteroatoms. The van der Waals surface area contributed by atoms with Gasteiger partial charge < -0.3 is 16.4 Å². The number of fused-ring (bicyclic) bond motifs is 1. The van der Waals surface area contributed by atoms with Crippen LogP contribution in [-0.2, 0) is 6.42 Å². The third-order valence-electron chi connectivity index (χ3n) is 3.68. The van der Waals surface area contributed by atoms with Gasteiger partial charge >= 0.3 is 6.03 Å². The Bertz CT molecular complexity index is 687. The molecule has 4 N–H and O–H groups in total. The Morgan fingerprint density at radius 1 is 1.19 bits per heavy atom. The first-order chi connectivity index (χ1) is 10.1. The maximum Gasteiger partial charge on any atom is 0.316 e. The molecule has 0 aromatic heterocycles. The predicted molar refractivity (Wildman–Crippen MR) is 88.5 cm³/mol. The van der Waals surface area contributed by atoms with Crippen molar-refractivity contribution in [1.82, 2.24) is 0 Å². The number of benzene rings is 2. The molecule has 0 saturated carbocycles. The van der Waals surface area contributed by atoms with Crippen molar-refractivity contribution in [2.24, 2.45) is 5.73 Å². The van der Waals surface area contributed by atoms with Gasteiger partial charge in [-0.15, -0.1) is 0 Å². The molecule has 0 bridgehead atoms. The number of hydrogen-bond donors (Lipinski definition) is 3. The van der Waals surface area contributed by atoms with Crippen molar-refractivity contribution in [3.8, 4) is 0 Å². The molecule has 0 fully saturated rings. The van der Waals surface area contributed by atoms with Crippen LogP contribution < -0.4 is 16.4 Å². The fraction of sp³-hybridized carbons (Fsp3) is 0.188. The summed E-state index contributed by atoms with van der Waals surface area (Å²) in [5, 5.41) is 6.11. The molecule has 1 atom stereocenters. The maximum atomic E-state index is 10.9. The van der Waals surface area contributed by atoms with Gasteiger partial charge in [-0.05, 0) is 48.2 Å². The van der Waals surface area contributed by atoms with Crippen molar-refractivity contribution in [2.75, 3.05) is 10.6 Å². The lowest BCUT2D eigenvalue weighted by Gasteiger charge is -2.16. The van der Waals surface area contributed by atoms with Crippen LogP contribution in [0.15, 0.2) is 46.9 Å². The zero-order chi connectivity index (χ0) is 14.8. The van der Waals surface area contributed by atoms with E-state index in [4.69, 9.17) is 5.73 Å².